The predicted molar refractivity (Wildman–Crippen MR) is 92.3 cm³/mol. The van der Waals surface area contributed by atoms with Crippen molar-refractivity contribution in [3.8, 4) is 0 Å². The van der Waals surface area contributed by atoms with Gasteiger partial charge < -0.3 is 0 Å². The average Bonchev–Trinajstić information content (AvgIpc) is 3.07. The highest BCUT2D eigenvalue weighted by molar-refractivity contribution is 7.17. The lowest BCUT2D eigenvalue weighted by molar-refractivity contribution is 0.0706. The van der Waals surface area contributed by atoms with E-state index in [9.17, 15) is 4.79 Å². The molecule has 3 nitrogen and oxygen atoms in total. The maximum Gasteiger partial charge on any atom is 0.274 e. The van der Waals surface area contributed by atoms with Crippen LogP contribution in [-0.2, 0) is 12.8 Å². The lowest BCUT2D eigenvalue weighted by Gasteiger charge is -2.25. The van der Waals surface area contributed by atoms with Crippen LogP contribution in [0.25, 0.3) is 10.1 Å². The Labute approximate surface area is 138 Å². The molecule has 0 spiro atoms. The first-order valence-electron chi connectivity index (χ1n) is 7.78. The Balaban J connectivity index is 1.65. The van der Waals surface area contributed by atoms with Crippen LogP contribution in [0.2, 0.25) is 0 Å². The Morgan fingerprint density at radius 3 is 2.91 bits per heavy atom. The molecule has 0 saturated carbocycles. The second-order valence-corrected chi connectivity index (χ2v) is 7.03. The van der Waals surface area contributed by atoms with Gasteiger partial charge >= 0.3 is 0 Å². The molecule has 1 aromatic heterocycles. The minimum Gasteiger partial charge on any atom is -0.288 e. The Morgan fingerprint density at radius 2 is 2.04 bits per heavy atom. The first-order chi connectivity index (χ1) is 11.2. The maximum atomic E-state index is 11.6. The fourth-order valence-electron chi connectivity index (χ4n) is 3.47. The van der Waals surface area contributed by atoms with E-state index < -0.39 is 5.91 Å². The summed E-state index contributed by atoms with van der Waals surface area (Å²) in [6.07, 6.45) is 3.11. The molecule has 2 aromatic carbocycles. The molecule has 1 unspecified atom stereocenters. The summed E-state index contributed by atoms with van der Waals surface area (Å²) in [5.41, 5.74) is 6.13. The Morgan fingerprint density at radius 1 is 1.13 bits per heavy atom. The van der Waals surface area contributed by atoms with Crippen LogP contribution in [-0.4, -0.2) is 11.1 Å². The summed E-state index contributed by atoms with van der Waals surface area (Å²) >= 11 is 1.78. The maximum absolute atomic E-state index is 11.6. The van der Waals surface area contributed by atoms with Gasteiger partial charge in [-0.05, 0) is 76.9 Å². The molecule has 0 fully saturated rings. The molecule has 1 amide bonds. The second-order valence-electron chi connectivity index (χ2n) is 6.08. The molecule has 116 valence electrons. The van der Waals surface area contributed by atoms with Crippen molar-refractivity contribution in [1.82, 2.24) is 5.48 Å². The minimum atomic E-state index is -0.449. The molecular weight excluding hydrogens is 306 g/mol. The molecule has 3 aromatic rings. The molecule has 0 bridgehead atoms. The first kappa shape index (κ1) is 14.4. The molecule has 2 N–H and O–H groups in total. The van der Waals surface area contributed by atoms with Crippen molar-refractivity contribution in [2.45, 2.75) is 25.2 Å². The highest BCUT2D eigenvalue weighted by Crippen LogP contribution is 2.35. The molecule has 0 radical (unpaired) electrons. The van der Waals surface area contributed by atoms with Crippen molar-refractivity contribution in [1.29, 1.82) is 0 Å². The standard InChI is InChI=1S/C19H17NO2S/c21-19(20-22)16-6-2-12-1-4-14(9-17(12)10-16)15-5-3-13-7-8-23-18(13)11-15/h2-3,5-8,10-11,14,22H,1,4,9H2,(H,20,21). The zero-order chi connectivity index (χ0) is 15.8. The van der Waals surface area contributed by atoms with Crippen LogP contribution in [0.3, 0.4) is 0 Å². The normalized spacial score (nSPS) is 17.0. The van der Waals surface area contributed by atoms with Gasteiger partial charge in [0.15, 0.2) is 0 Å². The number of rotatable bonds is 2. The molecule has 23 heavy (non-hydrogen) atoms. The third-order valence-corrected chi connectivity index (χ3v) is 5.63. The Kier molecular flexibility index (Phi) is 3.63. The zero-order valence-electron chi connectivity index (χ0n) is 12.6. The van der Waals surface area contributed by atoms with Crippen LogP contribution in [0.15, 0.2) is 47.8 Å². The van der Waals surface area contributed by atoms with Gasteiger partial charge in [-0.3, -0.25) is 10.0 Å². The highest BCUT2D eigenvalue weighted by atomic mass is 32.1. The van der Waals surface area contributed by atoms with Crippen molar-refractivity contribution in [2.24, 2.45) is 0 Å². The van der Waals surface area contributed by atoms with Gasteiger partial charge in [0.1, 0.15) is 0 Å². The van der Waals surface area contributed by atoms with Gasteiger partial charge in [-0.15, -0.1) is 11.3 Å². The molecule has 1 aliphatic rings. The largest absolute Gasteiger partial charge is 0.288 e. The van der Waals surface area contributed by atoms with Gasteiger partial charge in [0.25, 0.3) is 5.91 Å². The van der Waals surface area contributed by atoms with E-state index in [4.69, 9.17) is 5.21 Å². The topological polar surface area (TPSA) is 49.3 Å². The van der Waals surface area contributed by atoms with Gasteiger partial charge in [0.2, 0.25) is 0 Å². The highest BCUT2D eigenvalue weighted by Gasteiger charge is 2.21. The van der Waals surface area contributed by atoms with Crippen LogP contribution in [0.1, 0.15) is 39.4 Å². The van der Waals surface area contributed by atoms with Crippen molar-refractivity contribution >= 4 is 27.3 Å². The summed E-state index contributed by atoms with van der Waals surface area (Å²) in [5.74, 6) is 0.0383. The van der Waals surface area contributed by atoms with E-state index in [1.165, 1.54) is 26.8 Å². The van der Waals surface area contributed by atoms with E-state index in [1.54, 1.807) is 22.9 Å². The van der Waals surface area contributed by atoms with E-state index >= 15 is 0 Å². The molecular formula is C19H17NO2S. The molecule has 4 heteroatoms. The summed E-state index contributed by atoms with van der Waals surface area (Å²) in [7, 11) is 0. The van der Waals surface area contributed by atoms with E-state index in [0.29, 0.717) is 11.5 Å². The van der Waals surface area contributed by atoms with Crippen LogP contribution in [0, 0.1) is 0 Å². The minimum absolute atomic E-state index is 0.449. The number of nitrogens with one attached hydrogen (secondary N) is 1. The molecule has 0 saturated heterocycles. The summed E-state index contributed by atoms with van der Waals surface area (Å²) < 4.78 is 1.33. The van der Waals surface area contributed by atoms with Crippen LogP contribution in [0.4, 0.5) is 0 Å². The van der Waals surface area contributed by atoms with E-state index in [1.807, 2.05) is 12.1 Å². The van der Waals surface area contributed by atoms with Crippen molar-refractivity contribution in [2.75, 3.05) is 0 Å². The lowest BCUT2D eigenvalue weighted by atomic mass is 9.79. The van der Waals surface area contributed by atoms with Gasteiger partial charge in [0.05, 0.1) is 0 Å². The third kappa shape index (κ3) is 2.64. The molecule has 1 atom stereocenters. The summed E-state index contributed by atoms with van der Waals surface area (Å²) in [6.45, 7) is 0. The number of benzene rings is 2. The quantitative estimate of drug-likeness (QED) is 0.546. The SMILES string of the molecule is O=C(NO)c1ccc2c(c1)CC(c1ccc3ccsc3c1)CC2. The number of fused-ring (bicyclic) bond motifs is 2. The van der Waals surface area contributed by atoms with E-state index in [-0.39, 0.29) is 0 Å². The molecule has 1 heterocycles. The van der Waals surface area contributed by atoms with Gasteiger partial charge in [-0.25, -0.2) is 5.48 Å². The molecule has 1 aliphatic carbocycles. The number of hydrogen-bond acceptors (Lipinski definition) is 3. The van der Waals surface area contributed by atoms with E-state index in [0.717, 1.165) is 19.3 Å². The number of hydrogen-bond donors (Lipinski definition) is 2. The Hall–Kier alpha value is -2.17. The fraction of sp³-hybridized carbons (Fsp3) is 0.211. The smallest absolute Gasteiger partial charge is 0.274 e. The fourth-order valence-corrected chi connectivity index (χ4v) is 4.31. The summed E-state index contributed by atoms with van der Waals surface area (Å²) in [4.78, 5) is 11.6. The zero-order valence-corrected chi connectivity index (χ0v) is 13.4. The Bertz CT molecular complexity index is 884. The average molecular weight is 323 g/mol. The second kappa shape index (κ2) is 5.80. The lowest BCUT2D eigenvalue weighted by Crippen LogP contribution is -2.20. The summed E-state index contributed by atoms with van der Waals surface area (Å²) in [6, 6.07) is 14.6. The molecule has 4 rings (SSSR count). The van der Waals surface area contributed by atoms with Gasteiger partial charge in [0, 0.05) is 10.3 Å². The summed E-state index contributed by atoms with van der Waals surface area (Å²) in [5, 5.41) is 12.2. The van der Waals surface area contributed by atoms with Crippen LogP contribution in [0.5, 0.6) is 0 Å². The number of amides is 1. The van der Waals surface area contributed by atoms with Gasteiger partial charge in [-0.1, -0.05) is 18.2 Å². The van der Waals surface area contributed by atoms with Crippen LogP contribution < -0.4 is 5.48 Å². The number of hydroxylamine groups is 1. The van der Waals surface area contributed by atoms with Crippen molar-refractivity contribution in [3.05, 3.63) is 70.1 Å². The van der Waals surface area contributed by atoms with Crippen LogP contribution >= 0.6 is 11.3 Å². The monoisotopic (exact) mass is 323 g/mol. The molecule has 0 aliphatic heterocycles. The first-order valence-corrected chi connectivity index (χ1v) is 8.66. The predicted octanol–water partition coefficient (Wildman–Crippen LogP) is 4.29. The third-order valence-electron chi connectivity index (χ3n) is 4.75. The van der Waals surface area contributed by atoms with E-state index in [2.05, 4.69) is 29.6 Å². The number of carbonyl (C=O) groups is 1. The van der Waals surface area contributed by atoms with Crippen molar-refractivity contribution < 1.29 is 10.0 Å². The number of carbonyl (C=O) groups excluding carboxylic acids is 1. The van der Waals surface area contributed by atoms with Crippen molar-refractivity contribution in [3.63, 3.8) is 0 Å². The number of thiophene rings is 1. The van der Waals surface area contributed by atoms with Gasteiger partial charge in [-0.2, -0.15) is 0 Å². The number of aryl methyl sites for hydroxylation is 1.